The van der Waals surface area contributed by atoms with Gasteiger partial charge in [-0.2, -0.15) is 17.0 Å². The highest BCUT2D eigenvalue weighted by Gasteiger charge is 2.28. The molecule has 7 heteroatoms. The van der Waals surface area contributed by atoms with Crippen molar-refractivity contribution in [3.8, 4) is 5.75 Å². The van der Waals surface area contributed by atoms with E-state index in [1.54, 1.807) is 14.2 Å². The molecular weight excluding hydrogens is 328 g/mol. The minimum atomic E-state index is -3.46. The molecule has 0 atom stereocenters. The topological polar surface area (TPSA) is 59.1 Å². The van der Waals surface area contributed by atoms with Crippen LogP contribution < -0.4 is 4.74 Å². The zero-order valence-electron chi connectivity index (χ0n) is 13.9. The molecule has 0 aliphatic carbocycles. The minimum absolute atomic E-state index is 0.335. The summed E-state index contributed by atoms with van der Waals surface area (Å²) in [6, 6.07) is 11.8. The summed E-state index contributed by atoms with van der Waals surface area (Å²) in [5.41, 5.74) is 0.951. The third kappa shape index (κ3) is 3.54. The molecule has 0 amide bonds. The predicted octanol–water partition coefficient (Wildman–Crippen LogP) is 1.86. The summed E-state index contributed by atoms with van der Waals surface area (Å²) in [7, 11) is -0.204. The highest BCUT2D eigenvalue weighted by Crippen LogP contribution is 2.23. The van der Waals surface area contributed by atoms with E-state index in [1.807, 2.05) is 36.4 Å². The van der Waals surface area contributed by atoms with Gasteiger partial charge in [0.25, 0.3) is 10.2 Å². The number of morpholine rings is 1. The Labute approximate surface area is 142 Å². The first-order chi connectivity index (χ1) is 11.5. The van der Waals surface area contributed by atoms with E-state index in [1.165, 1.54) is 8.61 Å². The normalized spacial score (nSPS) is 16.6. The zero-order chi connectivity index (χ0) is 17.2. The first kappa shape index (κ1) is 17.2. The summed E-state index contributed by atoms with van der Waals surface area (Å²) in [5.74, 6) is 0.808. The molecule has 1 fully saturated rings. The lowest BCUT2D eigenvalue weighted by Crippen LogP contribution is -2.47. The molecule has 1 saturated heterocycles. The van der Waals surface area contributed by atoms with E-state index in [-0.39, 0.29) is 0 Å². The average molecular weight is 350 g/mol. The molecule has 3 rings (SSSR count). The molecule has 0 spiro atoms. The van der Waals surface area contributed by atoms with Gasteiger partial charge in [0, 0.05) is 26.7 Å². The quantitative estimate of drug-likeness (QED) is 0.826. The van der Waals surface area contributed by atoms with Crippen LogP contribution in [0.3, 0.4) is 0 Å². The molecule has 1 aliphatic rings. The SMILES string of the molecule is COc1ccc2cc(CN(C)S(=O)(=O)N3CCOCC3)ccc2c1. The molecule has 0 unspecified atom stereocenters. The van der Waals surface area contributed by atoms with Gasteiger partial charge in [-0.05, 0) is 34.5 Å². The molecule has 1 aliphatic heterocycles. The van der Waals surface area contributed by atoms with Crippen LogP contribution in [0.25, 0.3) is 10.8 Å². The van der Waals surface area contributed by atoms with Crippen LogP contribution in [-0.4, -0.2) is 57.5 Å². The van der Waals surface area contributed by atoms with Crippen LogP contribution in [0, 0.1) is 0 Å². The molecule has 0 bridgehead atoms. The molecule has 24 heavy (non-hydrogen) atoms. The van der Waals surface area contributed by atoms with Crippen molar-refractivity contribution in [1.82, 2.24) is 8.61 Å². The smallest absolute Gasteiger partial charge is 0.282 e. The number of nitrogens with zero attached hydrogens (tertiary/aromatic N) is 2. The molecule has 0 radical (unpaired) electrons. The van der Waals surface area contributed by atoms with Crippen molar-refractivity contribution in [2.24, 2.45) is 0 Å². The molecule has 130 valence electrons. The molecule has 0 N–H and O–H groups in total. The fraction of sp³-hybridized carbons (Fsp3) is 0.412. The maximum Gasteiger partial charge on any atom is 0.282 e. The van der Waals surface area contributed by atoms with Gasteiger partial charge in [0.1, 0.15) is 5.75 Å². The maximum absolute atomic E-state index is 12.6. The van der Waals surface area contributed by atoms with Crippen LogP contribution in [0.1, 0.15) is 5.56 Å². The van der Waals surface area contributed by atoms with Crippen molar-refractivity contribution in [1.29, 1.82) is 0 Å². The molecule has 6 nitrogen and oxygen atoms in total. The third-order valence-corrected chi connectivity index (χ3v) is 6.14. The Bertz CT molecular complexity index is 816. The van der Waals surface area contributed by atoms with Crippen LogP contribution in [0.2, 0.25) is 0 Å². The second-order valence-corrected chi connectivity index (χ2v) is 7.86. The lowest BCUT2D eigenvalue weighted by Gasteiger charge is -2.30. The highest BCUT2D eigenvalue weighted by molar-refractivity contribution is 7.86. The Morgan fingerprint density at radius 2 is 1.79 bits per heavy atom. The van der Waals surface area contributed by atoms with Crippen molar-refractivity contribution >= 4 is 21.0 Å². The van der Waals surface area contributed by atoms with Crippen LogP contribution in [0.15, 0.2) is 36.4 Å². The lowest BCUT2D eigenvalue weighted by molar-refractivity contribution is 0.0705. The standard InChI is InChI=1S/C17H22N2O4S/c1-18(24(20,21)19-7-9-23-10-8-19)13-14-3-4-16-12-17(22-2)6-5-15(16)11-14/h3-6,11-12H,7-10,13H2,1-2H3. The zero-order valence-corrected chi connectivity index (χ0v) is 14.8. The number of rotatable bonds is 5. The second kappa shape index (κ2) is 7.06. The first-order valence-electron chi connectivity index (χ1n) is 7.86. The molecule has 0 saturated carbocycles. The molecular formula is C17H22N2O4S. The van der Waals surface area contributed by atoms with Gasteiger partial charge in [-0.25, -0.2) is 0 Å². The van der Waals surface area contributed by atoms with Gasteiger partial charge < -0.3 is 9.47 Å². The Kier molecular flexibility index (Phi) is 5.05. The Balaban J connectivity index is 1.78. The van der Waals surface area contributed by atoms with E-state index < -0.39 is 10.2 Å². The van der Waals surface area contributed by atoms with Gasteiger partial charge in [0.2, 0.25) is 0 Å². The highest BCUT2D eigenvalue weighted by atomic mass is 32.2. The Morgan fingerprint density at radius 3 is 2.50 bits per heavy atom. The van der Waals surface area contributed by atoms with Gasteiger partial charge in [-0.3, -0.25) is 0 Å². The lowest BCUT2D eigenvalue weighted by atomic mass is 10.1. The third-order valence-electron chi connectivity index (χ3n) is 4.21. The summed E-state index contributed by atoms with van der Waals surface area (Å²) >= 11 is 0. The van der Waals surface area contributed by atoms with Crippen LogP contribution in [-0.2, 0) is 21.5 Å². The van der Waals surface area contributed by atoms with Crippen molar-refractivity contribution in [2.45, 2.75) is 6.54 Å². The largest absolute Gasteiger partial charge is 0.497 e. The summed E-state index contributed by atoms with van der Waals surface area (Å²) in [6.07, 6.45) is 0. The van der Waals surface area contributed by atoms with Gasteiger partial charge >= 0.3 is 0 Å². The average Bonchev–Trinajstić information content (AvgIpc) is 2.62. The summed E-state index contributed by atoms with van der Waals surface area (Å²) in [5, 5.41) is 2.13. The van der Waals surface area contributed by atoms with Crippen molar-refractivity contribution < 1.29 is 17.9 Å². The van der Waals surface area contributed by atoms with Crippen LogP contribution >= 0.6 is 0 Å². The van der Waals surface area contributed by atoms with Gasteiger partial charge in [0.05, 0.1) is 20.3 Å². The number of benzene rings is 2. The molecule has 0 aromatic heterocycles. The van der Waals surface area contributed by atoms with Gasteiger partial charge in [-0.1, -0.05) is 18.2 Å². The number of fused-ring (bicyclic) bond motifs is 1. The minimum Gasteiger partial charge on any atom is -0.497 e. The maximum atomic E-state index is 12.6. The number of methoxy groups -OCH3 is 1. The van der Waals surface area contributed by atoms with Crippen molar-refractivity contribution in [3.05, 3.63) is 42.0 Å². The van der Waals surface area contributed by atoms with E-state index in [0.717, 1.165) is 22.1 Å². The first-order valence-corrected chi connectivity index (χ1v) is 9.26. The second-order valence-electron chi connectivity index (χ2n) is 5.82. The van der Waals surface area contributed by atoms with E-state index in [4.69, 9.17) is 9.47 Å². The summed E-state index contributed by atoms with van der Waals surface area (Å²) in [4.78, 5) is 0. The van der Waals surface area contributed by atoms with E-state index in [2.05, 4.69) is 0 Å². The number of hydrogen-bond acceptors (Lipinski definition) is 4. The van der Waals surface area contributed by atoms with Crippen molar-refractivity contribution in [2.75, 3.05) is 40.5 Å². The monoisotopic (exact) mass is 350 g/mol. The molecule has 1 heterocycles. The van der Waals surface area contributed by atoms with Crippen LogP contribution in [0.4, 0.5) is 0 Å². The predicted molar refractivity (Wildman–Crippen MR) is 93.3 cm³/mol. The Hall–Kier alpha value is -1.67. The number of ether oxygens (including phenoxy) is 2. The summed E-state index contributed by atoms with van der Waals surface area (Å²) in [6.45, 7) is 2.05. The molecule has 2 aromatic carbocycles. The van der Waals surface area contributed by atoms with Gasteiger partial charge in [0.15, 0.2) is 0 Å². The van der Waals surface area contributed by atoms with Crippen molar-refractivity contribution in [3.63, 3.8) is 0 Å². The fourth-order valence-corrected chi connectivity index (χ4v) is 4.13. The number of hydrogen-bond donors (Lipinski definition) is 0. The van der Waals surface area contributed by atoms with Crippen LogP contribution in [0.5, 0.6) is 5.75 Å². The van der Waals surface area contributed by atoms with E-state index >= 15 is 0 Å². The fourth-order valence-electron chi connectivity index (χ4n) is 2.81. The van der Waals surface area contributed by atoms with E-state index in [0.29, 0.717) is 32.8 Å². The molecule has 2 aromatic rings. The Morgan fingerprint density at radius 1 is 1.12 bits per heavy atom. The summed E-state index contributed by atoms with van der Waals surface area (Å²) < 4.78 is 38.6. The van der Waals surface area contributed by atoms with E-state index in [9.17, 15) is 8.42 Å². The van der Waals surface area contributed by atoms with Gasteiger partial charge in [-0.15, -0.1) is 0 Å².